The second-order valence-electron chi connectivity index (χ2n) is 8.76. The molecule has 4 rings (SSSR count). The van der Waals surface area contributed by atoms with Gasteiger partial charge < -0.3 is 35.9 Å². The molecule has 0 spiro atoms. The molecule has 14 heteroatoms. The fourth-order valence-corrected chi connectivity index (χ4v) is 4.74. The predicted octanol–water partition coefficient (Wildman–Crippen LogP) is 1.69. The SMILES string of the molecule is CCOC(=O)CNC(=O)[C@H](c1ccc(N(C)C)cc1)N(C(=O)c1snc(C(N)=O)c1N)c1ccc2c(c1)OCO2. The number of amides is 3. The van der Waals surface area contributed by atoms with Gasteiger partial charge in [0.25, 0.3) is 11.8 Å². The van der Waals surface area contributed by atoms with Crippen LogP contribution in [0.4, 0.5) is 17.1 Å². The van der Waals surface area contributed by atoms with E-state index in [1.165, 1.54) is 4.90 Å². The molecular weight excluding hydrogens is 540 g/mol. The first-order valence-corrected chi connectivity index (χ1v) is 12.9. The van der Waals surface area contributed by atoms with Crippen molar-refractivity contribution in [2.24, 2.45) is 5.73 Å². The van der Waals surface area contributed by atoms with Crippen molar-refractivity contribution in [3.05, 3.63) is 58.6 Å². The number of nitrogen functional groups attached to an aromatic ring is 1. The van der Waals surface area contributed by atoms with Crippen LogP contribution in [0.5, 0.6) is 11.5 Å². The number of carbonyl (C=O) groups excluding carboxylic acids is 4. The maximum Gasteiger partial charge on any atom is 0.325 e. The molecule has 0 saturated carbocycles. The van der Waals surface area contributed by atoms with Gasteiger partial charge in [0.15, 0.2) is 17.2 Å². The number of nitrogens with one attached hydrogen (secondary N) is 1. The van der Waals surface area contributed by atoms with E-state index in [-0.39, 0.29) is 35.3 Å². The van der Waals surface area contributed by atoms with E-state index in [4.69, 9.17) is 25.7 Å². The topological polar surface area (TPSA) is 179 Å². The van der Waals surface area contributed by atoms with E-state index >= 15 is 0 Å². The molecule has 0 fully saturated rings. The summed E-state index contributed by atoms with van der Waals surface area (Å²) in [5.74, 6) is -2.12. The minimum absolute atomic E-state index is 0.00799. The number of nitrogens with two attached hydrogens (primary N) is 2. The minimum atomic E-state index is -1.29. The molecule has 0 aliphatic carbocycles. The highest BCUT2D eigenvalue weighted by molar-refractivity contribution is 7.09. The van der Waals surface area contributed by atoms with Gasteiger partial charge in [-0.1, -0.05) is 12.1 Å². The zero-order valence-electron chi connectivity index (χ0n) is 22.0. The second-order valence-corrected chi connectivity index (χ2v) is 9.54. The lowest BCUT2D eigenvalue weighted by Crippen LogP contribution is -2.45. The molecule has 0 unspecified atom stereocenters. The molecule has 210 valence electrons. The van der Waals surface area contributed by atoms with E-state index in [1.54, 1.807) is 49.4 Å². The first-order chi connectivity index (χ1) is 19.1. The molecule has 40 heavy (non-hydrogen) atoms. The Morgan fingerprint density at radius 3 is 2.38 bits per heavy atom. The summed E-state index contributed by atoms with van der Waals surface area (Å²) in [6.07, 6.45) is 0. The van der Waals surface area contributed by atoms with Crippen LogP contribution in [0.2, 0.25) is 0 Å². The van der Waals surface area contributed by atoms with E-state index in [0.717, 1.165) is 5.69 Å². The molecule has 2 aromatic carbocycles. The maximum absolute atomic E-state index is 14.1. The van der Waals surface area contributed by atoms with Crippen LogP contribution < -0.4 is 36.1 Å². The summed E-state index contributed by atoms with van der Waals surface area (Å²) in [5, 5.41) is 2.56. The zero-order chi connectivity index (χ0) is 29.0. The van der Waals surface area contributed by atoms with Crippen LogP contribution in [0.1, 0.15) is 38.7 Å². The number of fused-ring (bicyclic) bond motifs is 1. The average molecular weight is 569 g/mol. The molecule has 1 aliphatic rings. The van der Waals surface area contributed by atoms with Gasteiger partial charge in [-0.2, -0.15) is 4.37 Å². The number of anilines is 3. The first kappa shape index (κ1) is 28.2. The third-order valence-electron chi connectivity index (χ3n) is 5.95. The Labute approximate surface area is 233 Å². The Morgan fingerprint density at radius 2 is 1.75 bits per heavy atom. The van der Waals surface area contributed by atoms with Crippen molar-refractivity contribution in [3.8, 4) is 11.5 Å². The summed E-state index contributed by atoms with van der Waals surface area (Å²) in [6.45, 7) is 1.36. The third-order valence-corrected chi connectivity index (χ3v) is 6.80. The van der Waals surface area contributed by atoms with E-state index < -0.39 is 36.3 Å². The summed E-state index contributed by atoms with van der Waals surface area (Å²) in [6, 6.07) is 10.4. The lowest BCUT2D eigenvalue weighted by molar-refractivity contribution is -0.143. The molecule has 13 nitrogen and oxygen atoms in total. The van der Waals surface area contributed by atoms with Crippen molar-refractivity contribution in [1.29, 1.82) is 0 Å². The van der Waals surface area contributed by atoms with Gasteiger partial charge in [0.2, 0.25) is 12.7 Å². The zero-order valence-corrected chi connectivity index (χ0v) is 22.8. The van der Waals surface area contributed by atoms with Gasteiger partial charge in [0.05, 0.1) is 12.3 Å². The summed E-state index contributed by atoms with van der Waals surface area (Å²) >= 11 is 0.681. The predicted molar refractivity (Wildman–Crippen MR) is 148 cm³/mol. The molecule has 0 radical (unpaired) electrons. The number of esters is 1. The summed E-state index contributed by atoms with van der Waals surface area (Å²) in [4.78, 5) is 54.7. The number of rotatable bonds is 10. The quantitative estimate of drug-likeness (QED) is 0.305. The lowest BCUT2D eigenvalue weighted by Gasteiger charge is -2.31. The van der Waals surface area contributed by atoms with Gasteiger partial charge in [0.1, 0.15) is 17.5 Å². The molecule has 3 aromatic rings. The van der Waals surface area contributed by atoms with Crippen LogP contribution in [-0.4, -0.2) is 62.1 Å². The van der Waals surface area contributed by atoms with Crippen LogP contribution in [0.15, 0.2) is 42.5 Å². The van der Waals surface area contributed by atoms with Gasteiger partial charge in [-0.05, 0) is 48.3 Å². The monoisotopic (exact) mass is 568 g/mol. The van der Waals surface area contributed by atoms with Gasteiger partial charge in [-0.3, -0.25) is 24.1 Å². The van der Waals surface area contributed by atoms with E-state index in [1.807, 2.05) is 19.0 Å². The van der Waals surface area contributed by atoms with Crippen LogP contribution >= 0.6 is 11.5 Å². The van der Waals surface area contributed by atoms with Crippen LogP contribution in [-0.2, 0) is 14.3 Å². The first-order valence-electron chi connectivity index (χ1n) is 12.1. The molecule has 0 bridgehead atoms. The number of primary amides is 1. The largest absolute Gasteiger partial charge is 0.465 e. The van der Waals surface area contributed by atoms with Crippen LogP contribution in [0.3, 0.4) is 0 Å². The summed E-state index contributed by atoms with van der Waals surface area (Å²) in [5.41, 5.74) is 12.5. The molecule has 5 N–H and O–H groups in total. The normalized spacial score (nSPS) is 12.4. The van der Waals surface area contributed by atoms with Crippen molar-refractivity contribution >= 4 is 52.3 Å². The smallest absolute Gasteiger partial charge is 0.325 e. The fraction of sp³-hybridized carbons (Fsp3) is 0.269. The Kier molecular flexibility index (Phi) is 8.38. The van der Waals surface area contributed by atoms with Gasteiger partial charge in [0, 0.05) is 31.5 Å². The molecule has 3 amide bonds. The summed E-state index contributed by atoms with van der Waals surface area (Å²) < 4.78 is 19.8. The molecule has 0 saturated heterocycles. The molecule has 2 heterocycles. The molecular formula is C26H28N6O7S. The number of aromatic nitrogens is 1. The van der Waals surface area contributed by atoms with Crippen molar-refractivity contribution < 1.29 is 33.4 Å². The van der Waals surface area contributed by atoms with Gasteiger partial charge in [-0.25, -0.2) is 0 Å². The van der Waals surface area contributed by atoms with E-state index in [0.29, 0.717) is 28.6 Å². The highest BCUT2D eigenvalue weighted by Gasteiger charge is 2.37. The Balaban J connectivity index is 1.85. The summed E-state index contributed by atoms with van der Waals surface area (Å²) in [7, 11) is 3.73. The number of nitrogens with zero attached hydrogens (tertiary/aromatic N) is 3. The van der Waals surface area contributed by atoms with Crippen molar-refractivity contribution in [1.82, 2.24) is 9.69 Å². The molecule has 1 aliphatic heterocycles. The number of benzene rings is 2. The maximum atomic E-state index is 14.1. The van der Waals surface area contributed by atoms with Crippen molar-refractivity contribution in [2.45, 2.75) is 13.0 Å². The average Bonchev–Trinajstić information content (AvgIpc) is 3.56. The highest BCUT2D eigenvalue weighted by Crippen LogP contribution is 2.40. The third kappa shape index (κ3) is 5.76. The lowest BCUT2D eigenvalue weighted by atomic mass is 10.0. The van der Waals surface area contributed by atoms with E-state index in [9.17, 15) is 19.2 Å². The Morgan fingerprint density at radius 1 is 1.07 bits per heavy atom. The van der Waals surface area contributed by atoms with Crippen molar-refractivity contribution in [3.63, 3.8) is 0 Å². The Bertz CT molecular complexity index is 1440. The Hall–Kier alpha value is -4.85. The molecule has 1 atom stereocenters. The number of hydrogen-bond donors (Lipinski definition) is 3. The standard InChI is InChI=1S/C26H28N6O7S/c1-4-37-19(33)12-29-25(35)22(14-5-7-15(8-6-14)31(2)3)32(16-9-10-17-18(11-16)39-13-38-17)26(36)23-20(27)21(24(28)34)30-40-23/h5-11,22H,4,12-13,27H2,1-3H3,(H2,28,34)(H,29,35)/t22-/m0/s1. The van der Waals surface area contributed by atoms with Crippen LogP contribution in [0, 0.1) is 0 Å². The fourth-order valence-electron chi connectivity index (χ4n) is 4.00. The number of ether oxygens (including phenoxy) is 3. The highest BCUT2D eigenvalue weighted by atomic mass is 32.1. The minimum Gasteiger partial charge on any atom is -0.465 e. The molecule has 1 aromatic heterocycles. The van der Waals surface area contributed by atoms with Crippen LogP contribution in [0.25, 0.3) is 0 Å². The van der Waals surface area contributed by atoms with Gasteiger partial charge in [-0.15, -0.1) is 0 Å². The second kappa shape index (κ2) is 11.9. The number of carbonyl (C=O) groups is 4. The van der Waals surface area contributed by atoms with Gasteiger partial charge >= 0.3 is 5.97 Å². The number of hydrogen-bond acceptors (Lipinski definition) is 11. The van der Waals surface area contributed by atoms with E-state index in [2.05, 4.69) is 9.69 Å². The van der Waals surface area contributed by atoms with Crippen molar-refractivity contribution in [2.75, 3.05) is 49.6 Å².